The minimum absolute atomic E-state index is 0.0638. The number of carbonyl (C=O) groups excluding carboxylic acids is 1. The highest BCUT2D eigenvalue weighted by Gasteiger charge is 2.29. The van der Waals surface area contributed by atoms with E-state index in [2.05, 4.69) is 4.98 Å². The number of carbonyl (C=O) groups is 1. The maximum atomic E-state index is 12.5. The van der Waals surface area contributed by atoms with E-state index < -0.39 is 0 Å². The SMILES string of the molecule is Cc1csc(N(C)C(=O)[C@H]2COc3ccccc3C2)n1. The number of thiazole rings is 1. The van der Waals surface area contributed by atoms with Crippen LogP contribution in [0.15, 0.2) is 29.6 Å². The van der Waals surface area contributed by atoms with Gasteiger partial charge >= 0.3 is 0 Å². The molecule has 0 radical (unpaired) electrons. The van der Waals surface area contributed by atoms with Gasteiger partial charge in [-0.1, -0.05) is 18.2 Å². The molecule has 2 heterocycles. The lowest BCUT2D eigenvalue weighted by Gasteiger charge is -2.27. The molecule has 3 rings (SSSR count). The zero-order valence-corrected chi connectivity index (χ0v) is 12.3. The molecule has 2 aromatic rings. The molecule has 4 nitrogen and oxygen atoms in total. The first kappa shape index (κ1) is 13.1. The molecule has 0 fully saturated rings. The molecule has 1 amide bonds. The molecular weight excluding hydrogens is 272 g/mol. The molecule has 20 heavy (non-hydrogen) atoms. The van der Waals surface area contributed by atoms with Crippen LogP contribution in [0, 0.1) is 12.8 Å². The van der Waals surface area contributed by atoms with Crippen molar-refractivity contribution in [3.63, 3.8) is 0 Å². The van der Waals surface area contributed by atoms with Crippen LogP contribution in [0.2, 0.25) is 0 Å². The number of benzene rings is 1. The summed E-state index contributed by atoms with van der Waals surface area (Å²) in [5.74, 6) is 0.817. The minimum Gasteiger partial charge on any atom is -0.492 e. The smallest absolute Gasteiger partial charge is 0.235 e. The Hall–Kier alpha value is -1.88. The van der Waals surface area contributed by atoms with Crippen LogP contribution in [-0.4, -0.2) is 24.5 Å². The lowest BCUT2D eigenvalue weighted by Crippen LogP contribution is -2.38. The van der Waals surface area contributed by atoms with Crippen molar-refractivity contribution in [1.29, 1.82) is 0 Å². The van der Waals surface area contributed by atoms with E-state index in [1.807, 2.05) is 36.6 Å². The summed E-state index contributed by atoms with van der Waals surface area (Å²) in [5, 5.41) is 2.69. The predicted octanol–water partition coefficient (Wildman–Crippen LogP) is 2.67. The van der Waals surface area contributed by atoms with E-state index in [0.717, 1.165) is 28.6 Å². The van der Waals surface area contributed by atoms with Crippen molar-refractivity contribution in [3.05, 3.63) is 40.9 Å². The standard InChI is InChI=1S/C15H16N2O2S/c1-10-9-20-15(16-10)17(2)14(18)12-7-11-5-3-4-6-13(11)19-8-12/h3-6,9,12H,7-8H2,1-2H3/t12-/m1/s1. The van der Waals surface area contributed by atoms with Crippen molar-refractivity contribution in [2.75, 3.05) is 18.6 Å². The van der Waals surface area contributed by atoms with Gasteiger partial charge in [-0.25, -0.2) is 4.98 Å². The van der Waals surface area contributed by atoms with Crippen LogP contribution in [0.3, 0.4) is 0 Å². The van der Waals surface area contributed by atoms with Gasteiger partial charge in [0.1, 0.15) is 12.4 Å². The van der Waals surface area contributed by atoms with E-state index >= 15 is 0 Å². The summed E-state index contributed by atoms with van der Waals surface area (Å²) in [6.07, 6.45) is 0.726. The van der Waals surface area contributed by atoms with E-state index in [-0.39, 0.29) is 11.8 Å². The lowest BCUT2D eigenvalue weighted by atomic mass is 9.96. The molecule has 1 aromatic heterocycles. The van der Waals surface area contributed by atoms with E-state index in [4.69, 9.17) is 4.74 Å². The fourth-order valence-electron chi connectivity index (χ4n) is 2.35. The Morgan fingerprint density at radius 3 is 3.00 bits per heavy atom. The second kappa shape index (κ2) is 5.25. The van der Waals surface area contributed by atoms with E-state index in [0.29, 0.717) is 6.61 Å². The Morgan fingerprint density at radius 1 is 1.45 bits per heavy atom. The molecule has 0 unspecified atom stereocenters. The van der Waals surface area contributed by atoms with Crippen LogP contribution in [0.25, 0.3) is 0 Å². The number of hydrogen-bond donors (Lipinski definition) is 0. The molecule has 0 aliphatic carbocycles. The average Bonchev–Trinajstić information content (AvgIpc) is 2.92. The molecule has 1 atom stereocenters. The fraction of sp³-hybridized carbons (Fsp3) is 0.333. The van der Waals surface area contributed by atoms with Gasteiger partial charge in [0.2, 0.25) is 5.91 Å². The summed E-state index contributed by atoms with van der Waals surface area (Å²) in [6, 6.07) is 7.89. The first-order valence-electron chi connectivity index (χ1n) is 6.55. The van der Waals surface area contributed by atoms with Crippen LogP contribution in [0.1, 0.15) is 11.3 Å². The third-order valence-electron chi connectivity index (χ3n) is 3.45. The number of fused-ring (bicyclic) bond motifs is 1. The zero-order chi connectivity index (χ0) is 14.1. The van der Waals surface area contributed by atoms with Gasteiger partial charge in [0, 0.05) is 12.4 Å². The van der Waals surface area contributed by atoms with Crippen LogP contribution in [-0.2, 0) is 11.2 Å². The van der Waals surface area contributed by atoms with Crippen molar-refractivity contribution in [2.45, 2.75) is 13.3 Å². The molecule has 1 aliphatic rings. The highest BCUT2D eigenvalue weighted by molar-refractivity contribution is 7.14. The highest BCUT2D eigenvalue weighted by Crippen LogP contribution is 2.29. The average molecular weight is 288 g/mol. The second-order valence-electron chi connectivity index (χ2n) is 4.99. The number of aromatic nitrogens is 1. The lowest BCUT2D eigenvalue weighted by molar-refractivity contribution is -0.123. The van der Waals surface area contributed by atoms with Gasteiger partial charge in [-0.15, -0.1) is 11.3 Å². The Kier molecular flexibility index (Phi) is 3.44. The molecule has 1 aromatic carbocycles. The van der Waals surface area contributed by atoms with Crippen LogP contribution < -0.4 is 9.64 Å². The van der Waals surface area contributed by atoms with Gasteiger partial charge in [-0.2, -0.15) is 0 Å². The normalized spacial score (nSPS) is 17.2. The molecule has 0 bridgehead atoms. The van der Waals surface area contributed by atoms with Crippen molar-refractivity contribution in [1.82, 2.24) is 4.98 Å². The van der Waals surface area contributed by atoms with Crippen molar-refractivity contribution in [2.24, 2.45) is 5.92 Å². The topological polar surface area (TPSA) is 42.4 Å². The van der Waals surface area contributed by atoms with E-state index in [1.165, 1.54) is 11.3 Å². The highest BCUT2D eigenvalue weighted by atomic mass is 32.1. The molecule has 1 aliphatic heterocycles. The number of ether oxygens (including phenoxy) is 1. The van der Waals surface area contributed by atoms with Crippen LogP contribution in [0.5, 0.6) is 5.75 Å². The summed E-state index contributed by atoms with van der Waals surface area (Å²) in [6.45, 7) is 2.36. The summed E-state index contributed by atoms with van der Waals surface area (Å²) in [5.41, 5.74) is 2.04. The van der Waals surface area contributed by atoms with Crippen molar-refractivity contribution in [3.8, 4) is 5.75 Å². The van der Waals surface area contributed by atoms with Crippen molar-refractivity contribution < 1.29 is 9.53 Å². The fourth-order valence-corrected chi connectivity index (χ4v) is 3.12. The van der Waals surface area contributed by atoms with Crippen LogP contribution >= 0.6 is 11.3 Å². The van der Waals surface area contributed by atoms with Gasteiger partial charge in [0.05, 0.1) is 11.6 Å². The minimum atomic E-state index is -0.140. The third kappa shape index (κ3) is 2.41. The van der Waals surface area contributed by atoms with Gasteiger partial charge in [0.25, 0.3) is 0 Å². The van der Waals surface area contributed by atoms with Crippen LogP contribution in [0.4, 0.5) is 5.13 Å². The second-order valence-corrected chi connectivity index (χ2v) is 5.83. The van der Waals surface area contributed by atoms with E-state index in [9.17, 15) is 4.79 Å². The molecule has 104 valence electrons. The largest absolute Gasteiger partial charge is 0.492 e. The maximum Gasteiger partial charge on any atom is 0.235 e. The van der Waals surface area contributed by atoms with Gasteiger partial charge in [-0.05, 0) is 25.0 Å². The Labute approximate surface area is 122 Å². The predicted molar refractivity (Wildman–Crippen MR) is 79.4 cm³/mol. The van der Waals surface area contributed by atoms with Crippen molar-refractivity contribution >= 4 is 22.4 Å². The quantitative estimate of drug-likeness (QED) is 0.853. The van der Waals surface area contributed by atoms with Gasteiger partial charge < -0.3 is 4.74 Å². The molecule has 0 saturated carbocycles. The molecule has 0 N–H and O–H groups in total. The van der Waals surface area contributed by atoms with Gasteiger partial charge in [0.15, 0.2) is 5.13 Å². The number of hydrogen-bond acceptors (Lipinski definition) is 4. The molecular formula is C15H16N2O2S. The summed E-state index contributed by atoms with van der Waals surface area (Å²) in [7, 11) is 1.78. The first-order chi connectivity index (χ1) is 9.65. The monoisotopic (exact) mass is 288 g/mol. The number of nitrogens with zero attached hydrogens (tertiary/aromatic N) is 2. The van der Waals surface area contributed by atoms with E-state index in [1.54, 1.807) is 11.9 Å². The Balaban J connectivity index is 1.76. The third-order valence-corrected chi connectivity index (χ3v) is 4.49. The number of rotatable bonds is 2. The number of aryl methyl sites for hydroxylation is 1. The Morgan fingerprint density at radius 2 is 2.25 bits per heavy atom. The first-order valence-corrected chi connectivity index (χ1v) is 7.43. The summed E-state index contributed by atoms with van der Waals surface area (Å²) in [4.78, 5) is 18.5. The molecule has 0 spiro atoms. The maximum absolute atomic E-state index is 12.5. The number of amides is 1. The van der Waals surface area contributed by atoms with Gasteiger partial charge in [-0.3, -0.25) is 9.69 Å². The summed E-state index contributed by atoms with van der Waals surface area (Å²) >= 11 is 1.49. The molecule has 0 saturated heterocycles. The molecule has 5 heteroatoms. The summed E-state index contributed by atoms with van der Waals surface area (Å²) < 4.78 is 5.68. The number of anilines is 1. The Bertz CT molecular complexity index is 638. The number of para-hydroxylation sites is 1. The zero-order valence-electron chi connectivity index (χ0n) is 11.5.